The normalized spacial score (nSPS) is 11.3. The number of thiophene rings is 1. The van der Waals surface area contributed by atoms with E-state index in [9.17, 15) is 13.2 Å². The van der Waals surface area contributed by atoms with Gasteiger partial charge in [-0.25, -0.2) is 0 Å². The van der Waals surface area contributed by atoms with E-state index < -0.39 is 11.7 Å². The van der Waals surface area contributed by atoms with Gasteiger partial charge in [0.05, 0.1) is 18.1 Å². The lowest BCUT2D eigenvalue weighted by Crippen LogP contribution is -2.03. The maximum absolute atomic E-state index is 12.2. The Morgan fingerprint density at radius 3 is 2.54 bits per heavy atom. The van der Waals surface area contributed by atoms with E-state index in [-0.39, 0.29) is 10.9 Å². The van der Waals surface area contributed by atoms with Gasteiger partial charge in [-0.15, -0.1) is 11.3 Å². The van der Waals surface area contributed by atoms with E-state index >= 15 is 0 Å². The van der Waals surface area contributed by atoms with Crippen LogP contribution in [0.15, 0.2) is 9.85 Å². The molecule has 0 saturated carbocycles. The zero-order valence-electron chi connectivity index (χ0n) is 6.15. The number of halogens is 4. The van der Waals surface area contributed by atoms with Crippen LogP contribution in [0.2, 0.25) is 0 Å². The van der Waals surface area contributed by atoms with Crippen molar-refractivity contribution in [1.29, 1.82) is 5.26 Å². The van der Waals surface area contributed by atoms with Gasteiger partial charge >= 0.3 is 6.18 Å². The quantitative estimate of drug-likeness (QED) is 0.764. The first-order chi connectivity index (χ1) is 5.96. The zero-order chi connectivity index (χ0) is 10.1. The van der Waals surface area contributed by atoms with E-state index in [4.69, 9.17) is 5.26 Å². The van der Waals surface area contributed by atoms with Crippen LogP contribution in [-0.2, 0) is 12.6 Å². The Balaban J connectivity index is 3.08. The van der Waals surface area contributed by atoms with Crippen LogP contribution in [0, 0.1) is 11.3 Å². The maximum atomic E-state index is 12.2. The Morgan fingerprint density at radius 2 is 2.15 bits per heavy atom. The van der Waals surface area contributed by atoms with Gasteiger partial charge in [0.1, 0.15) is 0 Å². The molecule has 0 unspecified atom stereocenters. The van der Waals surface area contributed by atoms with E-state index in [1.165, 1.54) is 0 Å². The van der Waals surface area contributed by atoms with Crippen molar-refractivity contribution in [1.82, 2.24) is 0 Å². The molecule has 70 valence electrons. The van der Waals surface area contributed by atoms with Crippen molar-refractivity contribution in [2.75, 3.05) is 0 Å². The molecule has 1 rings (SSSR count). The van der Waals surface area contributed by atoms with Gasteiger partial charge in [0.2, 0.25) is 0 Å². The van der Waals surface area contributed by atoms with Crippen molar-refractivity contribution < 1.29 is 13.2 Å². The van der Waals surface area contributed by atoms with Crippen LogP contribution >= 0.6 is 27.3 Å². The summed E-state index contributed by atoms with van der Waals surface area (Å²) in [6, 6.07) is 1.80. The topological polar surface area (TPSA) is 23.8 Å². The first kappa shape index (κ1) is 10.5. The molecule has 1 aromatic rings. The molecule has 0 aromatic carbocycles. The van der Waals surface area contributed by atoms with Crippen LogP contribution < -0.4 is 0 Å². The van der Waals surface area contributed by atoms with Crippen LogP contribution in [0.5, 0.6) is 0 Å². The van der Waals surface area contributed by atoms with Crippen LogP contribution in [-0.4, -0.2) is 0 Å². The van der Waals surface area contributed by atoms with Gasteiger partial charge in [-0.2, -0.15) is 18.4 Å². The zero-order valence-corrected chi connectivity index (χ0v) is 8.55. The number of nitriles is 1. The van der Waals surface area contributed by atoms with Crippen molar-refractivity contribution >= 4 is 27.3 Å². The highest BCUT2D eigenvalue weighted by atomic mass is 79.9. The summed E-state index contributed by atoms with van der Waals surface area (Å²) in [5.41, 5.74) is -0.706. The fourth-order valence-corrected chi connectivity index (χ4v) is 2.55. The summed E-state index contributed by atoms with van der Waals surface area (Å²) in [4.78, 5) is 0.412. The molecule has 1 aromatic heterocycles. The van der Waals surface area contributed by atoms with Gasteiger partial charge in [-0.1, -0.05) is 0 Å². The van der Waals surface area contributed by atoms with Crippen molar-refractivity contribution in [2.24, 2.45) is 0 Å². The molecule has 0 fully saturated rings. The highest BCUT2D eigenvalue weighted by Crippen LogP contribution is 2.39. The van der Waals surface area contributed by atoms with Crippen LogP contribution in [0.3, 0.4) is 0 Å². The van der Waals surface area contributed by atoms with Crippen molar-refractivity contribution in [3.63, 3.8) is 0 Å². The largest absolute Gasteiger partial charge is 0.418 e. The molecule has 0 aliphatic heterocycles. The molecule has 13 heavy (non-hydrogen) atoms. The molecule has 0 aliphatic carbocycles. The third kappa shape index (κ3) is 2.23. The number of hydrogen-bond donors (Lipinski definition) is 0. The van der Waals surface area contributed by atoms with Crippen molar-refractivity contribution in [2.45, 2.75) is 12.6 Å². The summed E-state index contributed by atoms with van der Waals surface area (Å²) in [6.45, 7) is 0. The van der Waals surface area contributed by atoms with Crippen molar-refractivity contribution in [3.8, 4) is 6.07 Å². The average molecular weight is 270 g/mol. The molecular formula is C7H3BrF3NS. The first-order valence-electron chi connectivity index (χ1n) is 3.17. The molecule has 6 heteroatoms. The monoisotopic (exact) mass is 269 g/mol. The minimum absolute atomic E-state index is 0.00132. The van der Waals surface area contributed by atoms with Crippen molar-refractivity contribution in [3.05, 3.63) is 20.3 Å². The minimum atomic E-state index is -4.34. The van der Waals surface area contributed by atoms with E-state index in [0.29, 0.717) is 4.88 Å². The third-order valence-corrected chi connectivity index (χ3v) is 3.50. The molecule has 0 aliphatic rings. The van der Waals surface area contributed by atoms with Gasteiger partial charge in [0.15, 0.2) is 0 Å². The van der Waals surface area contributed by atoms with Gasteiger partial charge in [0.25, 0.3) is 0 Å². The first-order valence-corrected chi connectivity index (χ1v) is 4.84. The van der Waals surface area contributed by atoms with E-state index in [1.54, 1.807) is 6.07 Å². The molecule has 0 bridgehead atoms. The Labute approximate surface area is 84.9 Å². The number of nitrogens with zero attached hydrogens (tertiary/aromatic N) is 1. The fourth-order valence-electron chi connectivity index (χ4n) is 0.766. The second-order valence-corrected chi connectivity index (χ2v) is 3.98. The average Bonchev–Trinajstić information content (AvgIpc) is 2.32. The summed E-state index contributed by atoms with van der Waals surface area (Å²) < 4.78 is 36.6. The van der Waals surface area contributed by atoms with Gasteiger partial charge in [-0.3, -0.25) is 0 Å². The predicted octanol–water partition coefficient (Wildman–Crippen LogP) is 3.60. The van der Waals surface area contributed by atoms with Crippen LogP contribution in [0.25, 0.3) is 0 Å². The third-order valence-electron chi connectivity index (χ3n) is 1.35. The molecule has 0 atom stereocenters. The van der Waals surface area contributed by atoms with Gasteiger partial charge in [-0.05, 0) is 15.9 Å². The molecule has 1 heterocycles. The Morgan fingerprint density at radius 1 is 1.54 bits per heavy atom. The van der Waals surface area contributed by atoms with E-state index in [0.717, 1.165) is 16.7 Å². The Hall–Kier alpha value is -0.540. The Bertz CT molecular complexity index is 350. The molecule has 0 radical (unpaired) electrons. The van der Waals surface area contributed by atoms with E-state index in [1.807, 2.05) is 0 Å². The fraction of sp³-hybridized carbons (Fsp3) is 0.286. The molecule has 0 spiro atoms. The summed E-state index contributed by atoms with van der Waals surface area (Å²) in [5, 5.41) is 9.32. The predicted molar refractivity (Wildman–Crippen MR) is 46.3 cm³/mol. The molecule has 1 nitrogen and oxygen atoms in total. The molecule has 0 amide bonds. The molecule has 0 N–H and O–H groups in total. The lowest BCUT2D eigenvalue weighted by Gasteiger charge is -2.03. The maximum Gasteiger partial charge on any atom is 0.418 e. The number of rotatable bonds is 1. The lowest BCUT2D eigenvalue weighted by atomic mass is 10.3. The number of hydrogen-bond acceptors (Lipinski definition) is 2. The summed E-state index contributed by atoms with van der Waals surface area (Å²) in [5.74, 6) is 0. The Kier molecular flexibility index (Phi) is 2.98. The molecule has 0 saturated heterocycles. The SMILES string of the molecule is N#CCc1scc(C(F)(F)F)c1Br. The summed E-state index contributed by atoms with van der Waals surface area (Å²) >= 11 is 3.77. The molecular weight excluding hydrogens is 267 g/mol. The standard InChI is InChI=1S/C7H3BrF3NS/c8-6-4(7(9,10)11)3-13-5(6)1-2-12/h3H,1H2. The smallest absolute Gasteiger partial charge is 0.198 e. The van der Waals surface area contributed by atoms with Gasteiger partial charge < -0.3 is 0 Å². The number of alkyl halides is 3. The summed E-state index contributed by atoms with van der Waals surface area (Å²) in [6.07, 6.45) is -4.34. The van der Waals surface area contributed by atoms with Crippen LogP contribution in [0.4, 0.5) is 13.2 Å². The van der Waals surface area contributed by atoms with Crippen LogP contribution in [0.1, 0.15) is 10.4 Å². The minimum Gasteiger partial charge on any atom is -0.198 e. The van der Waals surface area contributed by atoms with E-state index in [2.05, 4.69) is 15.9 Å². The second kappa shape index (κ2) is 3.68. The second-order valence-electron chi connectivity index (χ2n) is 2.22. The lowest BCUT2D eigenvalue weighted by molar-refractivity contribution is -0.137. The highest BCUT2D eigenvalue weighted by molar-refractivity contribution is 9.10. The summed E-state index contributed by atoms with van der Waals surface area (Å²) in [7, 11) is 0. The highest BCUT2D eigenvalue weighted by Gasteiger charge is 2.34. The van der Waals surface area contributed by atoms with Gasteiger partial charge in [0, 0.05) is 14.7 Å².